The SMILES string of the molecule is CCOC1(C(=O)c2c(Cl)cnn2C(C)C)CCOCC1. The lowest BCUT2D eigenvalue weighted by atomic mass is 9.87. The molecule has 6 heteroatoms. The molecule has 0 aromatic carbocycles. The third kappa shape index (κ3) is 2.75. The van der Waals surface area contributed by atoms with Crippen molar-refractivity contribution in [3.63, 3.8) is 0 Å². The summed E-state index contributed by atoms with van der Waals surface area (Å²) in [4.78, 5) is 13.0. The van der Waals surface area contributed by atoms with Crippen LogP contribution >= 0.6 is 11.6 Å². The van der Waals surface area contributed by atoms with Crippen LogP contribution in [-0.4, -0.2) is 41.0 Å². The Morgan fingerprint density at radius 3 is 2.75 bits per heavy atom. The van der Waals surface area contributed by atoms with E-state index in [2.05, 4.69) is 5.10 Å². The molecule has 0 bridgehead atoms. The number of halogens is 1. The molecule has 112 valence electrons. The molecule has 1 aromatic rings. The molecule has 1 fully saturated rings. The lowest BCUT2D eigenvalue weighted by Gasteiger charge is -2.35. The van der Waals surface area contributed by atoms with E-state index in [1.54, 1.807) is 4.68 Å². The highest BCUT2D eigenvalue weighted by Gasteiger charge is 2.43. The van der Waals surface area contributed by atoms with Gasteiger partial charge in [-0.05, 0) is 20.8 Å². The van der Waals surface area contributed by atoms with Crippen molar-refractivity contribution in [3.8, 4) is 0 Å². The molecule has 1 aliphatic heterocycles. The molecule has 0 atom stereocenters. The van der Waals surface area contributed by atoms with Crippen molar-refractivity contribution < 1.29 is 14.3 Å². The van der Waals surface area contributed by atoms with Crippen LogP contribution in [0.1, 0.15) is 50.1 Å². The van der Waals surface area contributed by atoms with Crippen LogP contribution in [0.5, 0.6) is 0 Å². The maximum Gasteiger partial charge on any atom is 0.214 e. The Morgan fingerprint density at radius 1 is 1.55 bits per heavy atom. The fourth-order valence-electron chi connectivity index (χ4n) is 2.58. The molecule has 20 heavy (non-hydrogen) atoms. The fourth-order valence-corrected chi connectivity index (χ4v) is 2.79. The number of nitrogens with zero attached hydrogens (tertiary/aromatic N) is 2. The van der Waals surface area contributed by atoms with Crippen LogP contribution < -0.4 is 0 Å². The van der Waals surface area contributed by atoms with Crippen molar-refractivity contribution >= 4 is 17.4 Å². The number of aromatic nitrogens is 2. The van der Waals surface area contributed by atoms with Gasteiger partial charge >= 0.3 is 0 Å². The zero-order chi connectivity index (χ0) is 14.8. The molecule has 0 radical (unpaired) electrons. The predicted octanol–water partition coefficient (Wildman–Crippen LogP) is 2.89. The van der Waals surface area contributed by atoms with Crippen LogP contribution in [0.25, 0.3) is 0 Å². The summed E-state index contributed by atoms with van der Waals surface area (Å²) in [5.74, 6) is -0.0844. The number of rotatable bonds is 5. The van der Waals surface area contributed by atoms with Gasteiger partial charge in [0.25, 0.3) is 0 Å². The van der Waals surface area contributed by atoms with Gasteiger partial charge in [0.2, 0.25) is 5.78 Å². The third-order valence-corrected chi connectivity index (χ3v) is 3.87. The highest BCUT2D eigenvalue weighted by Crippen LogP contribution is 2.32. The van der Waals surface area contributed by atoms with Crippen molar-refractivity contribution in [2.45, 2.75) is 45.3 Å². The number of ether oxygens (including phenoxy) is 2. The summed E-state index contributed by atoms with van der Waals surface area (Å²) in [6.45, 7) is 7.37. The molecule has 2 heterocycles. The number of carbonyl (C=O) groups excluding carboxylic acids is 1. The standard InChI is InChI=1S/C14H21ClN2O3/c1-4-20-14(5-7-19-8-6-14)13(18)12-11(15)9-16-17(12)10(2)3/h9-10H,4-8H2,1-3H3. The average molecular weight is 301 g/mol. The lowest BCUT2D eigenvalue weighted by molar-refractivity contribution is -0.0826. The first-order valence-corrected chi connectivity index (χ1v) is 7.39. The normalized spacial score (nSPS) is 18.4. The Hall–Kier alpha value is -0.910. The molecule has 0 spiro atoms. The Bertz CT molecular complexity index is 473. The summed E-state index contributed by atoms with van der Waals surface area (Å²) < 4.78 is 12.8. The number of ketones is 1. The molecular weight excluding hydrogens is 280 g/mol. The van der Waals surface area contributed by atoms with E-state index in [0.29, 0.717) is 43.4 Å². The zero-order valence-electron chi connectivity index (χ0n) is 12.2. The Balaban J connectivity index is 2.39. The van der Waals surface area contributed by atoms with Gasteiger partial charge in [0.05, 0.1) is 11.2 Å². The van der Waals surface area contributed by atoms with Crippen LogP contribution in [0, 0.1) is 0 Å². The maximum atomic E-state index is 13.0. The summed E-state index contributed by atoms with van der Waals surface area (Å²) in [5, 5.41) is 4.58. The van der Waals surface area contributed by atoms with Gasteiger partial charge in [0, 0.05) is 38.7 Å². The number of carbonyl (C=O) groups is 1. The van der Waals surface area contributed by atoms with Crippen LogP contribution in [-0.2, 0) is 9.47 Å². The van der Waals surface area contributed by atoms with Crippen molar-refractivity contribution in [1.82, 2.24) is 9.78 Å². The van der Waals surface area contributed by atoms with Gasteiger partial charge in [-0.1, -0.05) is 11.6 Å². The highest BCUT2D eigenvalue weighted by atomic mass is 35.5. The smallest absolute Gasteiger partial charge is 0.214 e. The van der Waals surface area contributed by atoms with E-state index >= 15 is 0 Å². The van der Waals surface area contributed by atoms with Gasteiger partial charge < -0.3 is 9.47 Å². The molecule has 0 N–H and O–H groups in total. The van der Waals surface area contributed by atoms with Crippen molar-refractivity contribution in [2.75, 3.05) is 19.8 Å². The van der Waals surface area contributed by atoms with Gasteiger partial charge in [-0.15, -0.1) is 0 Å². The zero-order valence-corrected chi connectivity index (χ0v) is 12.9. The van der Waals surface area contributed by atoms with Gasteiger partial charge in [0.1, 0.15) is 11.3 Å². The number of hydrogen-bond donors (Lipinski definition) is 0. The fraction of sp³-hybridized carbons (Fsp3) is 0.714. The van der Waals surface area contributed by atoms with Crippen molar-refractivity contribution in [1.29, 1.82) is 0 Å². The molecule has 2 rings (SSSR count). The van der Waals surface area contributed by atoms with Gasteiger partial charge in [-0.25, -0.2) is 0 Å². The van der Waals surface area contributed by atoms with Gasteiger partial charge in [0.15, 0.2) is 0 Å². The van der Waals surface area contributed by atoms with Gasteiger partial charge in [-0.2, -0.15) is 5.10 Å². The van der Waals surface area contributed by atoms with E-state index in [9.17, 15) is 4.79 Å². The minimum Gasteiger partial charge on any atom is -0.381 e. The summed E-state index contributed by atoms with van der Waals surface area (Å²) >= 11 is 6.17. The van der Waals surface area contributed by atoms with Crippen LogP contribution in [0.3, 0.4) is 0 Å². The van der Waals surface area contributed by atoms with E-state index < -0.39 is 5.60 Å². The van der Waals surface area contributed by atoms with Crippen molar-refractivity contribution in [3.05, 3.63) is 16.9 Å². The molecule has 0 unspecified atom stereocenters. The second-order valence-corrected chi connectivity index (χ2v) is 5.66. The maximum absolute atomic E-state index is 13.0. The largest absolute Gasteiger partial charge is 0.381 e. The number of hydrogen-bond acceptors (Lipinski definition) is 4. The van der Waals surface area contributed by atoms with E-state index in [-0.39, 0.29) is 11.8 Å². The van der Waals surface area contributed by atoms with Crippen LogP contribution in [0.2, 0.25) is 5.02 Å². The summed E-state index contributed by atoms with van der Waals surface area (Å²) in [5.41, 5.74) is -0.388. The molecule has 1 saturated heterocycles. The molecule has 1 aromatic heterocycles. The monoisotopic (exact) mass is 300 g/mol. The molecular formula is C14H21ClN2O3. The lowest BCUT2D eigenvalue weighted by Crippen LogP contribution is -2.47. The Labute approximate surface area is 124 Å². The highest BCUT2D eigenvalue weighted by molar-refractivity contribution is 6.34. The average Bonchev–Trinajstić information content (AvgIpc) is 2.81. The van der Waals surface area contributed by atoms with Gasteiger partial charge in [-0.3, -0.25) is 9.48 Å². The Kier molecular flexibility index (Phi) is 4.83. The second kappa shape index (κ2) is 6.24. The Morgan fingerprint density at radius 2 is 2.20 bits per heavy atom. The topological polar surface area (TPSA) is 53.3 Å². The van der Waals surface area contributed by atoms with Crippen LogP contribution in [0.15, 0.2) is 6.20 Å². The summed E-state index contributed by atoms with van der Waals surface area (Å²) in [6, 6.07) is 0.0694. The first-order valence-electron chi connectivity index (χ1n) is 7.01. The molecule has 1 aliphatic rings. The summed E-state index contributed by atoms with van der Waals surface area (Å²) in [7, 11) is 0. The number of Topliss-reactive ketones (excluding diaryl/α,β-unsaturated/α-hetero) is 1. The van der Waals surface area contributed by atoms with E-state index in [1.807, 2.05) is 20.8 Å². The van der Waals surface area contributed by atoms with E-state index in [1.165, 1.54) is 6.20 Å². The predicted molar refractivity (Wildman–Crippen MR) is 76.4 cm³/mol. The second-order valence-electron chi connectivity index (χ2n) is 5.25. The molecule has 5 nitrogen and oxygen atoms in total. The summed E-state index contributed by atoms with van der Waals surface area (Å²) in [6.07, 6.45) is 2.63. The quantitative estimate of drug-likeness (QED) is 0.785. The van der Waals surface area contributed by atoms with Crippen LogP contribution in [0.4, 0.5) is 0 Å². The van der Waals surface area contributed by atoms with E-state index in [4.69, 9.17) is 21.1 Å². The molecule has 0 aliphatic carbocycles. The third-order valence-electron chi connectivity index (χ3n) is 3.59. The minimum absolute atomic E-state index is 0.0694. The van der Waals surface area contributed by atoms with E-state index in [0.717, 1.165) is 0 Å². The first kappa shape index (κ1) is 15.5. The molecule has 0 amide bonds. The molecule has 0 saturated carbocycles. The van der Waals surface area contributed by atoms with Crippen molar-refractivity contribution in [2.24, 2.45) is 0 Å². The first-order chi connectivity index (χ1) is 9.52. The minimum atomic E-state index is -0.830.